The molecule has 0 heterocycles. The van der Waals surface area contributed by atoms with E-state index in [0.717, 1.165) is 40.7 Å². The molecule has 0 aromatic heterocycles. The lowest BCUT2D eigenvalue weighted by molar-refractivity contribution is 0.306. The van der Waals surface area contributed by atoms with E-state index in [1.165, 1.54) is 22.3 Å². The van der Waals surface area contributed by atoms with Gasteiger partial charge in [-0.1, -0.05) is 12.2 Å². The highest BCUT2D eigenvalue weighted by atomic mass is 16.5. The Hall–Kier alpha value is -3.34. The van der Waals surface area contributed by atoms with Gasteiger partial charge in [0.25, 0.3) is 0 Å². The first kappa shape index (κ1) is 21.9. The fourth-order valence-electron chi connectivity index (χ4n) is 4.91. The van der Waals surface area contributed by atoms with Crippen molar-refractivity contribution in [3.8, 4) is 23.0 Å². The zero-order valence-corrected chi connectivity index (χ0v) is 19.5. The van der Waals surface area contributed by atoms with Gasteiger partial charge >= 0.3 is 0 Å². The Labute approximate surface area is 189 Å². The Bertz CT molecular complexity index is 1110. The van der Waals surface area contributed by atoms with Gasteiger partial charge in [-0.3, -0.25) is 0 Å². The normalized spacial score (nSPS) is 19.1. The van der Waals surface area contributed by atoms with Crippen molar-refractivity contribution >= 4 is 0 Å². The summed E-state index contributed by atoms with van der Waals surface area (Å²) in [5, 5.41) is 0. The second kappa shape index (κ2) is 9.03. The second-order valence-corrected chi connectivity index (χ2v) is 7.89. The molecule has 0 saturated carbocycles. The Morgan fingerprint density at radius 3 is 2.00 bits per heavy atom. The number of fused-ring (bicyclic) bond motifs is 1. The molecule has 5 nitrogen and oxygen atoms in total. The van der Waals surface area contributed by atoms with Gasteiger partial charge in [0.1, 0.15) is 28.8 Å². The number of ether oxygens (including phenoxy) is 5. The SMILES string of the molecule is C/C=C\C(=C/C1=CC2c3cc(OC)cc(OC)c3C(C1)c1cc(OC)cc(OC)c12)OC. The van der Waals surface area contributed by atoms with Crippen molar-refractivity contribution in [1.29, 1.82) is 0 Å². The predicted octanol–water partition coefficient (Wildman–Crippen LogP) is 5.73. The minimum absolute atomic E-state index is 0.0152. The average Bonchev–Trinajstić information content (AvgIpc) is 3.08. The molecular formula is C27H30O5. The Balaban J connectivity index is 2.01. The zero-order valence-electron chi connectivity index (χ0n) is 19.5. The van der Waals surface area contributed by atoms with Crippen molar-refractivity contribution in [2.24, 2.45) is 0 Å². The van der Waals surface area contributed by atoms with Gasteiger partial charge in [0.05, 0.1) is 35.5 Å². The van der Waals surface area contributed by atoms with Crippen LogP contribution in [0.2, 0.25) is 0 Å². The van der Waals surface area contributed by atoms with E-state index in [4.69, 9.17) is 23.7 Å². The number of hydrogen-bond acceptors (Lipinski definition) is 5. The summed E-state index contributed by atoms with van der Waals surface area (Å²) in [7, 11) is 8.48. The molecule has 0 N–H and O–H groups in total. The Morgan fingerprint density at radius 1 is 0.812 bits per heavy atom. The molecule has 2 atom stereocenters. The third-order valence-electron chi connectivity index (χ3n) is 6.29. The first-order valence-electron chi connectivity index (χ1n) is 10.7. The van der Waals surface area contributed by atoms with E-state index < -0.39 is 0 Å². The molecule has 2 unspecified atom stereocenters. The second-order valence-electron chi connectivity index (χ2n) is 7.89. The molecule has 2 aromatic carbocycles. The van der Waals surface area contributed by atoms with Crippen LogP contribution < -0.4 is 18.9 Å². The van der Waals surface area contributed by atoms with Gasteiger partial charge in [-0.15, -0.1) is 0 Å². The summed E-state index contributed by atoms with van der Waals surface area (Å²) >= 11 is 0. The van der Waals surface area contributed by atoms with E-state index in [-0.39, 0.29) is 11.8 Å². The van der Waals surface area contributed by atoms with Crippen molar-refractivity contribution in [2.75, 3.05) is 35.5 Å². The molecule has 0 saturated heterocycles. The van der Waals surface area contributed by atoms with Crippen molar-refractivity contribution in [1.82, 2.24) is 0 Å². The lowest BCUT2D eigenvalue weighted by atomic mass is 9.72. The summed E-state index contributed by atoms with van der Waals surface area (Å²) < 4.78 is 28.5. The summed E-state index contributed by atoms with van der Waals surface area (Å²) in [6.07, 6.45) is 9.18. The van der Waals surface area contributed by atoms with Gasteiger partial charge in [0.2, 0.25) is 0 Å². The van der Waals surface area contributed by atoms with Crippen molar-refractivity contribution < 1.29 is 23.7 Å². The molecule has 2 aromatic rings. The summed E-state index contributed by atoms with van der Waals surface area (Å²) in [6, 6.07) is 8.17. The quantitative estimate of drug-likeness (QED) is 0.411. The van der Waals surface area contributed by atoms with Crippen LogP contribution in [0.4, 0.5) is 0 Å². The van der Waals surface area contributed by atoms with E-state index in [1.54, 1.807) is 35.5 Å². The van der Waals surface area contributed by atoms with Crippen LogP contribution in [0.1, 0.15) is 47.4 Å². The van der Waals surface area contributed by atoms with Gasteiger partial charge in [0.15, 0.2) is 0 Å². The van der Waals surface area contributed by atoms with Crippen LogP contribution in [0, 0.1) is 0 Å². The van der Waals surface area contributed by atoms with Gasteiger partial charge in [-0.2, -0.15) is 0 Å². The first-order valence-corrected chi connectivity index (χ1v) is 10.7. The standard InChI is InChI=1S/C27H30O5/c1-7-8-17(28-2)9-16-10-20-22-12-18(29-3)14-24(31-5)26(22)21(11-16)23-13-19(30-4)15-25(32-6)27(20)23/h7-10,12-15,20-21H,11H2,1-6H3/b8-7-,17-9+. The fraction of sp³-hybridized carbons (Fsp3) is 0.333. The number of benzene rings is 2. The molecule has 0 amide bonds. The maximum atomic E-state index is 5.85. The maximum absolute atomic E-state index is 5.85. The summed E-state index contributed by atoms with van der Waals surface area (Å²) in [5.74, 6) is 4.10. The van der Waals surface area contributed by atoms with E-state index in [1.807, 2.05) is 31.2 Å². The predicted molar refractivity (Wildman–Crippen MR) is 125 cm³/mol. The minimum atomic E-state index is -0.0152. The molecule has 3 aliphatic rings. The highest BCUT2D eigenvalue weighted by Crippen LogP contribution is 2.56. The van der Waals surface area contributed by atoms with Gasteiger partial charge in [0, 0.05) is 35.1 Å². The highest BCUT2D eigenvalue weighted by Gasteiger charge is 2.39. The van der Waals surface area contributed by atoms with Crippen LogP contribution in [-0.4, -0.2) is 35.5 Å². The lowest BCUT2D eigenvalue weighted by Gasteiger charge is -2.33. The van der Waals surface area contributed by atoms with E-state index >= 15 is 0 Å². The zero-order chi connectivity index (χ0) is 22.8. The van der Waals surface area contributed by atoms with Gasteiger partial charge in [-0.05, 0) is 54.3 Å². The Kier molecular flexibility index (Phi) is 6.17. The molecule has 0 fully saturated rings. The molecule has 5 heteroatoms. The molecule has 32 heavy (non-hydrogen) atoms. The van der Waals surface area contributed by atoms with Crippen LogP contribution in [0.5, 0.6) is 23.0 Å². The maximum Gasteiger partial charge on any atom is 0.126 e. The topological polar surface area (TPSA) is 46.2 Å². The summed E-state index contributed by atoms with van der Waals surface area (Å²) in [4.78, 5) is 0. The fourth-order valence-corrected chi connectivity index (χ4v) is 4.91. The number of rotatable bonds is 7. The van der Waals surface area contributed by atoms with Crippen molar-refractivity contribution in [2.45, 2.75) is 25.2 Å². The van der Waals surface area contributed by atoms with Crippen molar-refractivity contribution in [3.63, 3.8) is 0 Å². The number of methoxy groups -OCH3 is 5. The average molecular weight is 435 g/mol. The number of hydrogen-bond donors (Lipinski definition) is 0. The third-order valence-corrected chi connectivity index (χ3v) is 6.29. The first-order chi connectivity index (χ1) is 15.6. The molecule has 3 aliphatic carbocycles. The third kappa shape index (κ3) is 3.62. The van der Waals surface area contributed by atoms with E-state index in [9.17, 15) is 0 Å². The van der Waals surface area contributed by atoms with Crippen LogP contribution in [0.3, 0.4) is 0 Å². The minimum Gasteiger partial charge on any atom is -0.497 e. The molecule has 168 valence electrons. The highest BCUT2D eigenvalue weighted by molar-refractivity contribution is 5.68. The van der Waals surface area contributed by atoms with Crippen LogP contribution in [0.25, 0.3) is 0 Å². The largest absolute Gasteiger partial charge is 0.497 e. The van der Waals surface area contributed by atoms with E-state index in [0.29, 0.717) is 0 Å². The molecule has 0 radical (unpaired) electrons. The van der Waals surface area contributed by atoms with Crippen LogP contribution in [-0.2, 0) is 4.74 Å². The lowest BCUT2D eigenvalue weighted by Crippen LogP contribution is -2.17. The molecular weight excluding hydrogens is 404 g/mol. The van der Waals surface area contributed by atoms with E-state index in [2.05, 4.69) is 24.3 Å². The smallest absolute Gasteiger partial charge is 0.126 e. The molecule has 0 aliphatic heterocycles. The van der Waals surface area contributed by atoms with Crippen LogP contribution in [0.15, 0.2) is 59.9 Å². The van der Waals surface area contributed by atoms with Crippen molar-refractivity contribution in [3.05, 3.63) is 82.2 Å². The Morgan fingerprint density at radius 2 is 1.44 bits per heavy atom. The number of allylic oxidation sites excluding steroid dienone is 5. The summed E-state index contributed by atoms with van der Waals surface area (Å²) in [6.45, 7) is 1.98. The van der Waals surface area contributed by atoms with Crippen LogP contribution >= 0.6 is 0 Å². The molecule has 2 bridgehead atoms. The van der Waals surface area contributed by atoms with Gasteiger partial charge in [-0.25, -0.2) is 0 Å². The summed E-state index contributed by atoms with van der Waals surface area (Å²) in [5.41, 5.74) is 5.92. The monoisotopic (exact) mass is 434 g/mol. The molecule has 5 rings (SSSR count). The van der Waals surface area contributed by atoms with Gasteiger partial charge < -0.3 is 23.7 Å². The molecule has 0 spiro atoms.